The third-order valence-corrected chi connectivity index (χ3v) is 2.15. The molecule has 0 aromatic heterocycles. The lowest BCUT2D eigenvalue weighted by Crippen LogP contribution is -2.46. The summed E-state index contributed by atoms with van der Waals surface area (Å²) in [6, 6.07) is 0. The molecule has 2 nitrogen and oxygen atoms in total. The Balaban J connectivity index is 2.37. The SMILES string of the molecule is CC1=CCN(CC(C)(C)N)CC1. The normalized spacial score (nSPS) is 20.8. The first-order valence-corrected chi connectivity index (χ1v) is 4.64. The molecule has 1 aliphatic heterocycles. The number of nitrogens with zero attached hydrogens (tertiary/aromatic N) is 1. The Kier molecular flexibility index (Phi) is 2.91. The second-order valence-corrected chi connectivity index (χ2v) is 4.52. The van der Waals surface area contributed by atoms with Crippen LogP contribution in [0.5, 0.6) is 0 Å². The average Bonchev–Trinajstić information content (AvgIpc) is 1.91. The van der Waals surface area contributed by atoms with Gasteiger partial charge < -0.3 is 5.73 Å². The van der Waals surface area contributed by atoms with Crippen molar-refractivity contribution in [1.29, 1.82) is 0 Å². The zero-order valence-corrected chi connectivity index (χ0v) is 8.43. The van der Waals surface area contributed by atoms with E-state index in [1.54, 1.807) is 0 Å². The van der Waals surface area contributed by atoms with Crippen LogP contribution in [0.15, 0.2) is 11.6 Å². The Hall–Kier alpha value is -0.340. The van der Waals surface area contributed by atoms with Crippen LogP contribution in [0.2, 0.25) is 0 Å². The summed E-state index contributed by atoms with van der Waals surface area (Å²) < 4.78 is 0. The van der Waals surface area contributed by atoms with Crippen LogP contribution in [-0.4, -0.2) is 30.1 Å². The third-order valence-electron chi connectivity index (χ3n) is 2.15. The van der Waals surface area contributed by atoms with E-state index >= 15 is 0 Å². The van der Waals surface area contributed by atoms with Crippen LogP contribution in [0.4, 0.5) is 0 Å². The lowest BCUT2D eigenvalue weighted by Gasteiger charge is -2.31. The van der Waals surface area contributed by atoms with Crippen LogP contribution in [0.25, 0.3) is 0 Å². The van der Waals surface area contributed by atoms with Crippen molar-refractivity contribution in [3.8, 4) is 0 Å². The fraction of sp³-hybridized carbons (Fsp3) is 0.800. The number of nitrogens with two attached hydrogens (primary N) is 1. The van der Waals surface area contributed by atoms with E-state index in [0.717, 1.165) is 13.1 Å². The summed E-state index contributed by atoms with van der Waals surface area (Å²) in [5.41, 5.74) is 7.40. The van der Waals surface area contributed by atoms with Gasteiger partial charge in [0, 0.05) is 25.2 Å². The van der Waals surface area contributed by atoms with Gasteiger partial charge in [-0.15, -0.1) is 0 Å². The molecule has 0 unspecified atom stereocenters. The monoisotopic (exact) mass is 168 g/mol. The van der Waals surface area contributed by atoms with Crippen LogP contribution < -0.4 is 5.73 Å². The Morgan fingerprint density at radius 2 is 2.25 bits per heavy atom. The largest absolute Gasteiger partial charge is 0.324 e. The number of hydrogen-bond acceptors (Lipinski definition) is 2. The first-order valence-electron chi connectivity index (χ1n) is 4.64. The molecular formula is C10H20N2. The van der Waals surface area contributed by atoms with Crippen LogP contribution in [-0.2, 0) is 0 Å². The molecule has 12 heavy (non-hydrogen) atoms. The van der Waals surface area contributed by atoms with Gasteiger partial charge >= 0.3 is 0 Å². The minimum atomic E-state index is -0.0565. The zero-order valence-electron chi connectivity index (χ0n) is 8.43. The van der Waals surface area contributed by atoms with Crippen molar-refractivity contribution in [2.75, 3.05) is 19.6 Å². The first kappa shape index (κ1) is 9.75. The molecule has 0 aromatic rings. The van der Waals surface area contributed by atoms with E-state index in [1.165, 1.54) is 18.5 Å². The highest BCUT2D eigenvalue weighted by molar-refractivity contribution is 5.04. The fourth-order valence-corrected chi connectivity index (χ4v) is 1.53. The molecule has 0 bridgehead atoms. The maximum atomic E-state index is 5.94. The molecule has 1 aliphatic rings. The fourth-order valence-electron chi connectivity index (χ4n) is 1.53. The summed E-state index contributed by atoms with van der Waals surface area (Å²) in [5, 5.41) is 0. The predicted octanol–water partition coefficient (Wildman–Crippen LogP) is 1.38. The first-order chi connectivity index (χ1) is 5.47. The standard InChI is InChI=1S/C10H20N2/c1-9-4-6-12(7-5-9)8-10(2,3)11/h4H,5-8,11H2,1-3H3. The predicted molar refractivity (Wildman–Crippen MR) is 53.1 cm³/mol. The molecule has 70 valence electrons. The molecule has 0 aliphatic carbocycles. The van der Waals surface area contributed by atoms with Crippen molar-refractivity contribution < 1.29 is 0 Å². The summed E-state index contributed by atoms with van der Waals surface area (Å²) in [6.45, 7) is 9.60. The number of hydrogen-bond donors (Lipinski definition) is 1. The van der Waals surface area contributed by atoms with Crippen molar-refractivity contribution in [3.63, 3.8) is 0 Å². The van der Waals surface area contributed by atoms with Gasteiger partial charge in [-0.3, -0.25) is 4.90 Å². The summed E-state index contributed by atoms with van der Waals surface area (Å²) in [6.07, 6.45) is 3.51. The summed E-state index contributed by atoms with van der Waals surface area (Å²) in [5.74, 6) is 0. The topological polar surface area (TPSA) is 29.3 Å². The molecule has 2 N–H and O–H groups in total. The molecule has 0 amide bonds. The zero-order chi connectivity index (χ0) is 9.19. The smallest absolute Gasteiger partial charge is 0.0226 e. The van der Waals surface area contributed by atoms with E-state index in [0.29, 0.717) is 0 Å². The summed E-state index contributed by atoms with van der Waals surface area (Å²) in [4.78, 5) is 2.41. The van der Waals surface area contributed by atoms with E-state index in [-0.39, 0.29) is 5.54 Å². The lowest BCUT2D eigenvalue weighted by molar-refractivity contribution is 0.240. The van der Waals surface area contributed by atoms with E-state index in [2.05, 4.69) is 31.7 Å². The molecule has 2 heteroatoms. The van der Waals surface area contributed by atoms with E-state index in [1.807, 2.05) is 0 Å². The number of rotatable bonds is 2. The molecule has 0 aromatic carbocycles. The molecule has 0 radical (unpaired) electrons. The van der Waals surface area contributed by atoms with Gasteiger partial charge in [-0.25, -0.2) is 0 Å². The second kappa shape index (κ2) is 3.58. The Labute approximate surface area is 75.4 Å². The molecule has 0 spiro atoms. The van der Waals surface area contributed by atoms with Crippen LogP contribution in [0.3, 0.4) is 0 Å². The van der Waals surface area contributed by atoms with Crippen molar-refractivity contribution in [2.45, 2.75) is 32.7 Å². The van der Waals surface area contributed by atoms with Crippen LogP contribution in [0, 0.1) is 0 Å². The second-order valence-electron chi connectivity index (χ2n) is 4.52. The highest BCUT2D eigenvalue weighted by Gasteiger charge is 2.17. The maximum absolute atomic E-state index is 5.94. The molecule has 1 rings (SSSR count). The highest BCUT2D eigenvalue weighted by atomic mass is 15.1. The molecule has 0 saturated carbocycles. The minimum Gasteiger partial charge on any atom is -0.324 e. The Morgan fingerprint density at radius 3 is 2.67 bits per heavy atom. The molecule has 0 fully saturated rings. The molecular weight excluding hydrogens is 148 g/mol. The van der Waals surface area contributed by atoms with Crippen LogP contribution >= 0.6 is 0 Å². The average molecular weight is 168 g/mol. The lowest BCUT2D eigenvalue weighted by atomic mass is 10.0. The van der Waals surface area contributed by atoms with E-state index in [4.69, 9.17) is 5.73 Å². The van der Waals surface area contributed by atoms with Gasteiger partial charge in [0.1, 0.15) is 0 Å². The summed E-state index contributed by atoms with van der Waals surface area (Å²) in [7, 11) is 0. The van der Waals surface area contributed by atoms with Crippen molar-refractivity contribution in [3.05, 3.63) is 11.6 Å². The van der Waals surface area contributed by atoms with Gasteiger partial charge in [0.25, 0.3) is 0 Å². The Bertz CT molecular complexity index is 177. The Morgan fingerprint density at radius 1 is 1.58 bits per heavy atom. The van der Waals surface area contributed by atoms with Crippen molar-refractivity contribution in [2.24, 2.45) is 5.73 Å². The van der Waals surface area contributed by atoms with Gasteiger partial charge in [-0.2, -0.15) is 0 Å². The quantitative estimate of drug-likeness (QED) is 0.631. The van der Waals surface area contributed by atoms with E-state index < -0.39 is 0 Å². The summed E-state index contributed by atoms with van der Waals surface area (Å²) >= 11 is 0. The van der Waals surface area contributed by atoms with Gasteiger partial charge in [0.05, 0.1) is 0 Å². The molecule has 0 atom stereocenters. The van der Waals surface area contributed by atoms with Crippen LogP contribution in [0.1, 0.15) is 27.2 Å². The van der Waals surface area contributed by atoms with Gasteiger partial charge in [-0.05, 0) is 27.2 Å². The molecule has 0 saturated heterocycles. The van der Waals surface area contributed by atoms with E-state index in [9.17, 15) is 0 Å². The van der Waals surface area contributed by atoms with Gasteiger partial charge in [0.2, 0.25) is 0 Å². The van der Waals surface area contributed by atoms with Crippen molar-refractivity contribution in [1.82, 2.24) is 4.90 Å². The highest BCUT2D eigenvalue weighted by Crippen LogP contribution is 2.11. The van der Waals surface area contributed by atoms with Crippen molar-refractivity contribution >= 4 is 0 Å². The maximum Gasteiger partial charge on any atom is 0.0226 e. The van der Waals surface area contributed by atoms with Gasteiger partial charge in [0.15, 0.2) is 0 Å². The molecule has 1 heterocycles. The third kappa shape index (κ3) is 3.37. The minimum absolute atomic E-state index is 0.0565. The van der Waals surface area contributed by atoms with Gasteiger partial charge in [-0.1, -0.05) is 11.6 Å².